The van der Waals surface area contributed by atoms with Crippen LogP contribution in [0.2, 0.25) is 0 Å². The van der Waals surface area contributed by atoms with Gasteiger partial charge in [-0.15, -0.1) is 0 Å². The summed E-state index contributed by atoms with van der Waals surface area (Å²) in [6.45, 7) is 0.447. The SMILES string of the molecule is O=C(O)[C@H](Cc1ccccc1)NN1CCc2ccc3ccccc3c2C1=O. The minimum absolute atomic E-state index is 0.174. The molecule has 4 rings (SSSR count). The number of carbonyl (C=O) groups is 2. The van der Waals surface area contributed by atoms with E-state index in [9.17, 15) is 14.7 Å². The Morgan fingerprint density at radius 1 is 1.04 bits per heavy atom. The van der Waals surface area contributed by atoms with Crippen molar-refractivity contribution in [2.75, 3.05) is 6.54 Å². The zero-order valence-electron chi connectivity index (χ0n) is 14.8. The number of rotatable bonds is 5. The van der Waals surface area contributed by atoms with Crippen molar-refractivity contribution < 1.29 is 14.7 Å². The summed E-state index contributed by atoms with van der Waals surface area (Å²) in [6.07, 6.45) is 0.999. The van der Waals surface area contributed by atoms with E-state index in [2.05, 4.69) is 5.43 Å². The molecule has 0 unspecified atom stereocenters. The maximum atomic E-state index is 13.1. The number of hydrogen-bond acceptors (Lipinski definition) is 3. The van der Waals surface area contributed by atoms with Gasteiger partial charge in [-0.3, -0.25) is 14.6 Å². The third kappa shape index (κ3) is 3.41. The van der Waals surface area contributed by atoms with Crippen LogP contribution in [0.1, 0.15) is 21.5 Å². The maximum absolute atomic E-state index is 13.1. The fraction of sp³-hybridized carbons (Fsp3) is 0.182. The van der Waals surface area contributed by atoms with Crippen molar-refractivity contribution >= 4 is 22.6 Å². The second-order valence-corrected chi connectivity index (χ2v) is 6.74. The summed E-state index contributed by atoms with van der Waals surface area (Å²) in [5.74, 6) is -1.15. The molecule has 1 heterocycles. The first kappa shape index (κ1) is 17.2. The van der Waals surface area contributed by atoms with E-state index in [0.29, 0.717) is 24.9 Å². The maximum Gasteiger partial charge on any atom is 0.322 e. The number of carboxylic acid groups (broad SMARTS) is 1. The van der Waals surface area contributed by atoms with E-state index >= 15 is 0 Å². The summed E-state index contributed by atoms with van der Waals surface area (Å²) in [6, 6.07) is 20.3. The van der Waals surface area contributed by atoms with Gasteiger partial charge >= 0.3 is 5.97 Å². The molecule has 0 saturated heterocycles. The largest absolute Gasteiger partial charge is 0.480 e. The van der Waals surface area contributed by atoms with Gasteiger partial charge in [-0.25, -0.2) is 5.43 Å². The monoisotopic (exact) mass is 360 g/mol. The lowest BCUT2D eigenvalue weighted by Gasteiger charge is -2.32. The van der Waals surface area contributed by atoms with Gasteiger partial charge in [-0.05, 0) is 28.3 Å². The second kappa shape index (κ2) is 7.21. The zero-order valence-corrected chi connectivity index (χ0v) is 14.8. The Kier molecular flexibility index (Phi) is 4.60. The lowest BCUT2D eigenvalue weighted by Crippen LogP contribution is -2.54. The molecule has 5 nitrogen and oxygen atoms in total. The first-order chi connectivity index (χ1) is 13.1. The van der Waals surface area contributed by atoms with Gasteiger partial charge in [0.1, 0.15) is 6.04 Å². The van der Waals surface area contributed by atoms with E-state index < -0.39 is 12.0 Å². The Labute approximate surface area is 157 Å². The Morgan fingerprint density at radius 3 is 2.56 bits per heavy atom. The average Bonchev–Trinajstić information content (AvgIpc) is 2.69. The van der Waals surface area contributed by atoms with Gasteiger partial charge in [0.25, 0.3) is 5.91 Å². The lowest BCUT2D eigenvalue weighted by atomic mass is 9.94. The number of carboxylic acids is 1. The highest BCUT2D eigenvalue weighted by atomic mass is 16.4. The molecule has 27 heavy (non-hydrogen) atoms. The molecule has 3 aromatic rings. The van der Waals surface area contributed by atoms with Crippen LogP contribution in [-0.4, -0.2) is 34.6 Å². The highest BCUT2D eigenvalue weighted by Gasteiger charge is 2.30. The number of benzene rings is 3. The smallest absolute Gasteiger partial charge is 0.322 e. The molecule has 0 spiro atoms. The molecule has 3 aromatic carbocycles. The molecule has 1 atom stereocenters. The minimum Gasteiger partial charge on any atom is -0.480 e. The number of aliphatic carboxylic acids is 1. The van der Waals surface area contributed by atoms with Crippen LogP contribution in [0.25, 0.3) is 10.8 Å². The van der Waals surface area contributed by atoms with Crippen molar-refractivity contribution in [1.82, 2.24) is 10.4 Å². The van der Waals surface area contributed by atoms with E-state index in [0.717, 1.165) is 21.9 Å². The zero-order chi connectivity index (χ0) is 18.8. The third-order valence-electron chi connectivity index (χ3n) is 4.97. The fourth-order valence-electron chi connectivity index (χ4n) is 3.60. The predicted octanol–water partition coefficient (Wildman–Crippen LogP) is 3.04. The fourth-order valence-corrected chi connectivity index (χ4v) is 3.60. The molecular weight excluding hydrogens is 340 g/mol. The van der Waals surface area contributed by atoms with Gasteiger partial charge in [0.2, 0.25) is 0 Å². The molecule has 0 bridgehead atoms. The molecule has 5 heteroatoms. The quantitative estimate of drug-likeness (QED) is 0.734. The highest BCUT2D eigenvalue weighted by Crippen LogP contribution is 2.27. The summed E-state index contributed by atoms with van der Waals surface area (Å²) in [7, 11) is 0. The molecular formula is C22H20N2O3. The summed E-state index contributed by atoms with van der Waals surface area (Å²) in [4.78, 5) is 24.9. The lowest BCUT2D eigenvalue weighted by molar-refractivity contribution is -0.140. The van der Waals surface area contributed by atoms with E-state index in [1.807, 2.05) is 66.7 Å². The first-order valence-corrected chi connectivity index (χ1v) is 8.99. The standard InChI is InChI=1S/C22H20N2O3/c25-21-20-17(11-10-16-8-4-5-9-18(16)20)12-13-24(21)23-19(22(26)27)14-15-6-2-1-3-7-15/h1-11,19,23H,12-14H2,(H,26,27)/t19-/m0/s1. The van der Waals surface area contributed by atoms with Crippen molar-refractivity contribution in [3.05, 3.63) is 83.4 Å². The molecule has 136 valence electrons. The second-order valence-electron chi connectivity index (χ2n) is 6.74. The molecule has 2 N–H and O–H groups in total. The van der Waals surface area contributed by atoms with Crippen LogP contribution in [0.5, 0.6) is 0 Å². The molecule has 0 aliphatic carbocycles. The van der Waals surface area contributed by atoms with Crippen LogP contribution in [0.3, 0.4) is 0 Å². The first-order valence-electron chi connectivity index (χ1n) is 8.99. The van der Waals surface area contributed by atoms with E-state index in [1.54, 1.807) is 0 Å². The van der Waals surface area contributed by atoms with Crippen LogP contribution in [0.4, 0.5) is 0 Å². The van der Waals surface area contributed by atoms with Crippen molar-refractivity contribution in [2.45, 2.75) is 18.9 Å². The molecule has 0 fully saturated rings. The summed E-state index contributed by atoms with van der Waals surface area (Å²) < 4.78 is 0. The number of amides is 1. The van der Waals surface area contributed by atoms with Gasteiger partial charge in [0, 0.05) is 13.0 Å². The van der Waals surface area contributed by atoms with Crippen LogP contribution < -0.4 is 5.43 Å². The van der Waals surface area contributed by atoms with Crippen molar-refractivity contribution in [2.24, 2.45) is 0 Å². The van der Waals surface area contributed by atoms with Gasteiger partial charge in [-0.1, -0.05) is 66.7 Å². The minimum atomic E-state index is -0.977. The summed E-state index contributed by atoms with van der Waals surface area (Å²) in [5, 5.41) is 13.0. The van der Waals surface area contributed by atoms with Gasteiger partial charge < -0.3 is 5.11 Å². The number of nitrogens with zero attached hydrogens (tertiary/aromatic N) is 1. The Balaban J connectivity index is 1.61. The Bertz CT molecular complexity index is 1000. The molecule has 1 amide bonds. The van der Waals surface area contributed by atoms with Gasteiger partial charge in [-0.2, -0.15) is 0 Å². The Hall–Kier alpha value is -3.18. The van der Waals surface area contributed by atoms with Crippen LogP contribution >= 0.6 is 0 Å². The highest BCUT2D eigenvalue weighted by molar-refractivity contribution is 6.09. The molecule has 0 radical (unpaired) electrons. The van der Waals surface area contributed by atoms with E-state index in [4.69, 9.17) is 0 Å². The number of hydrogen-bond donors (Lipinski definition) is 2. The molecule has 1 aliphatic heterocycles. The van der Waals surface area contributed by atoms with Crippen molar-refractivity contribution in [1.29, 1.82) is 0 Å². The van der Waals surface area contributed by atoms with Gasteiger partial charge in [0.05, 0.1) is 5.56 Å². The van der Waals surface area contributed by atoms with E-state index in [1.165, 1.54) is 5.01 Å². The van der Waals surface area contributed by atoms with Crippen molar-refractivity contribution in [3.63, 3.8) is 0 Å². The van der Waals surface area contributed by atoms with Crippen LogP contribution in [0, 0.1) is 0 Å². The number of fused-ring (bicyclic) bond motifs is 3. The number of hydrazine groups is 1. The average molecular weight is 360 g/mol. The summed E-state index contributed by atoms with van der Waals surface area (Å²) >= 11 is 0. The molecule has 0 aromatic heterocycles. The number of nitrogens with one attached hydrogen (secondary N) is 1. The normalized spacial score (nSPS) is 14.8. The van der Waals surface area contributed by atoms with Crippen molar-refractivity contribution in [3.8, 4) is 0 Å². The van der Waals surface area contributed by atoms with Crippen LogP contribution in [0.15, 0.2) is 66.7 Å². The van der Waals surface area contributed by atoms with E-state index in [-0.39, 0.29) is 5.91 Å². The molecule has 1 aliphatic rings. The topological polar surface area (TPSA) is 69.6 Å². The van der Waals surface area contributed by atoms with Gasteiger partial charge in [0.15, 0.2) is 0 Å². The number of carbonyl (C=O) groups excluding carboxylic acids is 1. The summed E-state index contributed by atoms with van der Waals surface area (Å²) in [5.41, 5.74) is 5.52. The van der Waals surface area contributed by atoms with Crippen LogP contribution in [-0.2, 0) is 17.6 Å². The Morgan fingerprint density at radius 2 is 1.78 bits per heavy atom. The third-order valence-corrected chi connectivity index (χ3v) is 4.97. The predicted molar refractivity (Wildman–Crippen MR) is 103 cm³/mol. The molecule has 0 saturated carbocycles.